The van der Waals surface area contributed by atoms with Crippen LogP contribution in [-0.4, -0.2) is 29.3 Å². The largest absolute Gasteiger partial charge is 0.327 e. The lowest BCUT2D eigenvalue weighted by Crippen LogP contribution is -2.42. The van der Waals surface area contributed by atoms with Gasteiger partial charge < -0.3 is 10.2 Å². The summed E-state index contributed by atoms with van der Waals surface area (Å²) in [5.41, 5.74) is 1.16. The van der Waals surface area contributed by atoms with E-state index in [1.165, 1.54) is 0 Å². The molecule has 4 nitrogen and oxygen atoms in total. The molecule has 2 heterocycles. The molecule has 2 amide bonds. The van der Waals surface area contributed by atoms with Gasteiger partial charge in [-0.05, 0) is 32.8 Å². The van der Waals surface area contributed by atoms with E-state index in [-0.39, 0.29) is 17.9 Å². The van der Waals surface area contributed by atoms with Crippen LogP contribution in [0.5, 0.6) is 0 Å². The lowest BCUT2D eigenvalue weighted by atomic mass is 10.1. The highest BCUT2D eigenvalue weighted by Crippen LogP contribution is 2.24. The van der Waals surface area contributed by atoms with E-state index in [1.807, 2.05) is 53.7 Å². The summed E-state index contributed by atoms with van der Waals surface area (Å²) in [5.74, 6) is -0.129. The van der Waals surface area contributed by atoms with Crippen molar-refractivity contribution in [1.82, 2.24) is 10.2 Å². The number of carbonyl (C=O) groups is 2. The molecule has 1 fully saturated rings. The van der Waals surface area contributed by atoms with Gasteiger partial charge in [-0.25, -0.2) is 0 Å². The molecular weight excluding hydrogens is 276 g/mol. The van der Waals surface area contributed by atoms with E-state index >= 15 is 0 Å². The third kappa shape index (κ3) is 4.58. The van der Waals surface area contributed by atoms with Crippen LogP contribution in [0.15, 0.2) is 35.6 Å². The highest BCUT2D eigenvalue weighted by atomic mass is 16.2. The first-order chi connectivity index (χ1) is 10.7. The Kier molecular flexibility index (Phi) is 9.92. The minimum absolute atomic E-state index is 0.0537. The van der Waals surface area contributed by atoms with Gasteiger partial charge in [-0.2, -0.15) is 0 Å². The summed E-state index contributed by atoms with van der Waals surface area (Å²) in [5, 5.41) is 2.86. The van der Waals surface area contributed by atoms with Crippen molar-refractivity contribution in [1.29, 1.82) is 0 Å². The highest BCUT2D eigenvalue weighted by Gasteiger charge is 2.38. The van der Waals surface area contributed by atoms with E-state index in [9.17, 15) is 9.59 Å². The number of allylic oxidation sites excluding steroid dienone is 3. The van der Waals surface area contributed by atoms with Gasteiger partial charge >= 0.3 is 0 Å². The Bertz CT molecular complexity index is 462. The van der Waals surface area contributed by atoms with Gasteiger partial charge in [-0.1, -0.05) is 45.9 Å². The van der Waals surface area contributed by atoms with Crippen molar-refractivity contribution in [3.8, 4) is 0 Å². The van der Waals surface area contributed by atoms with Gasteiger partial charge in [-0.15, -0.1) is 0 Å². The van der Waals surface area contributed by atoms with Crippen LogP contribution >= 0.6 is 0 Å². The minimum Gasteiger partial charge on any atom is -0.327 e. The molecular formula is C18H30N2O2. The topological polar surface area (TPSA) is 49.4 Å². The first-order valence-corrected chi connectivity index (χ1v) is 8.30. The van der Waals surface area contributed by atoms with Gasteiger partial charge in [0.05, 0.1) is 11.3 Å². The van der Waals surface area contributed by atoms with Gasteiger partial charge in [0.15, 0.2) is 0 Å². The number of rotatable bonds is 2. The monoisotopic (exact) mass is 306 g/mol. The molecule has 0 spiro atoms. The van der Waals surface area contributed by atoms with Gasteiger partial charge in [0.25, 0.3) is 5.91 Å². The first kappa shape index (κ1) is 20.2. The predicted molar refractivity (Wildman–Crippen MR) is 92.2 cm³/mol. The molecule has 1 N–H and O–H groups in total. The normalized spacial score (nSPS) is 21.0. The number of amides is 2. The van der Waals surface area contributed by atoms with E-state index in [4.69, 9.17) is 0 Å². The Hall–Kier alpha value is -1.84. The quantitative estimate of drug-likeness (QED) is 0.848. The van der Waals surface area contributed by atoms with E-state index in [2.05, 4.69) is 5.32 Å². The maximum absolute atomic E-state index is 12.4. The maximum Gasteiger partial charge on any atom is 0.256 e. The van der Waals surface area contributed by atoms with Crippen molar-refractivity contribution in [2.45, 2.75) is 60.4 Å². The Morgan fingerprint density at radius 1 is 1.05 bits per heavy atom. The second kappa shape index (κ2) is 10.8. The Morgan fingerprint density at radius 2 is 1.64 bits per heavy atom. The molecule has 4 heteroatoms. The van der Waals surface area contributed by atoms with Crippen LogP contribution in [0, 0.1) is 0 Å². The minimum atomic E-state index is -0.305. The van der Waals surface area contributed by atoms with Crippen LogP contribution in [-0.2, 0) is 9.59 Å². The van der Waals surface area contributed by atoms with Crippen LogP contribution in [0.4, 0.5) is 0 Å². The van der Waals surface area contributed by atoms with Crippen LogP contribution in [0.3, 0.4) is 0 Å². The SMILES string of the molecule is CC.CC.C\C=C/C1=C(\C=C/C)C(=O)N2CCCC2C(=O)N1. The summed E-state index contributed by atoms with van der Waals surface area (Å²) < 4.78 is 0. The van der Waals surface area contributed by atoms with Gasteiger partial charge in [-0.3, -0.25) is 9.59 Å². The third-order valence-electron chi connectivity index (χ3n) is 3.26. The Balaban J connectivity index is 0.00000102. The van der Waals surface area contributed by atoms with E-state index < -0.39 is 0 Å². The standard InChI is InChI=1S/C14H18N2O2.2C2H6/c1-3-6-10-11(7-4-2)15-13(17)12-8-5-9-16(12)14(10)18;2*1-2/h3-4,6-7,12H,5,8-9H2,1-2H3,(H,15,17);2*1-2H3/b6-3-,7-4-;;. The van der Waals surface area contributed by atoms with Crippen LogP contribution < -0.4 is 5.32 Å². The lowest BCUT2D eigenvalue weighted by molar-refractivity contribution is -0.134. The average molecular weight is 306 g/mol. The number of nitrogens with zero attached hydrogens (tertiary/aromatic N) is 1. The fourth-order valence-corrected chi connectivity index (χ4v) is 2.46. The third-order valence-corrected chi connectivity index (χ3v) is 3.26. The second-order valence-electron chi connectivity index (χ2n) is 4.47. The summed E-state index contributed by atoms with van der Waals surface area (Å²) in [4.78, 5) is 26.2. The first-order valence-electron chi connectivity index (χ1n) is 8.30. The van der Waals surface area contributed by atoms with Crippen molar-refractivity contribution in [3.63, 3.8) is 0 Å². The molecule has 0 radical (unpaired) electrons. The van der Waals surface area contributed by atoms with Crippen molar-refractivity contribution in [2.75, 3.05) is 6.54 Å². The molecule has 0 aromatic carbocycles. The summed E-state index contributed by atoms with van der Waals surface area (Å²) >= 11 is 0. The number of nitrogens with one attached hydrogen (secondary N) is 1. The molecule has 2 rings (SSSR count). The van der Waals surface area contributed by atoms with Gasteiger partial charge in [0, 0.05) is 6.54 Å². The van der Waals surface area contributed by atoms with Gasteiger partial charge in [0.2, 0.25) is 5.91 Å². The Labute approximate surface area is 135 Å². The zero-order valence-corrected chi connectivity index (χ0v) is 14.8. The molecule has 0 bridgehead atoms. The molecule has 22 heavy (non-hydrogen) atoms. The van der Waals surface area contributed by atoms with Crippen molar-refractivity contribution >= 4 is 11.8 Å². The lowest BCUT2D eigenvalue weighted by Gasteiger charge is -2.20. The molecule has 124 valence electrons. The molecule has 2 aliphatic heterocycles. The van der Waals surface area contributed by atoms with E-state index in [1.54, 1.807) is 17.1 Å². The molecule has 0 aromatic rings. The fraction of sp³-hybridized carbons (Fsp3) is 0.556. The number of hydrogen-bond donors (Lipinski definition) is 1. The Morgan fingerprint density at radius 3 is 2.18 bits per heavy atom. The van der Waals surface area contributed by atoms with Crippen LogP contribution in [0.25, 0.3) is 0 Å². The van der Waals surface area contributed by atoms with Crippen molar-refractivity contribution < 1.29 is 9.59 Å². The highest BCUT2D eigenvalue weighted by molar-refractivity contribution is 6.03. The van der Waals surface area contributed by atoms with E-state index in [0.29, 0.717) is 17.8 Å². The number of carbonyl (C=O) groups excluding carboxylic acids is 2. The average Bonchev–Trinajstić information content (AvgIpc) is 3.02. The molecule has 0 saturated carbocycles. The second-order valence-corrected chi connectivity index (χ2v) is 4.47. The van der Waals surface area contributed by atoms with Gasteiger partial charge in [0.1, 0.15) is 6.04 Å². The summed E-state index contributed by atoms with van der Waals surface area (Å²) in [6.45, 7) is 12.4. The summed E-state index contributed by atoms with van der Waals surface area (Å²) in [6.07, 6.45) is 8.82. The molecule has 2 aliphatic rings. The smallest absolute Gasteiger partial charge is 0.256 e. The predicted octanol–water partition coefficient (Wildman–Crippen LogP) is 3.57. The molecule has 0 aliphatic carbocycles. The van der Waals surface area contributed by atoms with Crippen molar-refractivity contribution in [2.24, 2.45) is 0 Å². The maximum atomic E-state index is 12.4. The number of fused-ring (bicyclic) bond motifs is 1. The molecule has 1 unspecified atom stereocenters. The molecule has 1 saturated heterocycles. The fourth-order valence-electron chi connectivity index (χ4n) is 2.46. The zero-order valence-electron chi connectivity index (χ0n) is 14.8. The van der Waals surface area contributed by atoms with Crippen molar-refractivity contribution in [3.05, 3.63) is 35.6 Å². The summed E-state index contributed by atoms with van der Waals surface area (Å²) in [7, 11) is 0. The summed E-state index contributed by atoms with van der Waals surface area (Å²) in [6, 6.07) is -0.305. The molecule has 1 atom stereocenters. The molecule has 0 aromatic heterocycles. The van der Waals surface area contributed by atoms with Crippen LogP contribution in [0.1, 0.15) is 54.4 Å². The zero-order chi connectivity index (χ0) is 17.1. The van der Waals surface area contributed by atoms with Crippen LogP contribution in [0.2, 0.25) is 0 Å². The number of hydrogen-bond acceptors (Lipinski definition) is 2. The van der Waals surface area contributed by atoms with E-state index in [0.717, 1.165) is 12.8 Å².